The van der Waals surface area contributed by atoms with Crippen LogP contribution < -0.4 is 25.0 Å². The van der Waals surface area contributed by atoms with Crippen LogP contribution in [0.5, 0.6) is 11.5 Å². The predicted molar refractivity (Wildman–Crippen MR) is 343 cm³/mol. The molecule has 0 bridgehead atoms. The average Bonchev–Trinajstić information content (AvgIpc) is 4.21. The molecule has 1 atom stereocenters. The van der Waals surface area contributed by atoms with E-state index in [1.165, 1.54) is 35.0 Å². The minimum Gasteiger partial charge on any atom is -0.455 e. The maximum absolute atomic E-state index is 14.2. The van der Waals surface area contributed by atoms with Crippen molar-refractivity contribution in [3.63, 3.8) is 0 Å². The number of likely N-dealkylation sites (tertiary alicyclic amines) is 1. The van der Waals surface area contributed by atoms with Crippen molar-refractivity contribution in [3.05, 3.63) is 146 Å². The van der Waals surface area contributed by atoms with Gasteiger partial charge < -0.3 is 34.6 Å². The SMILES string of the molecule is CN(CCCSc1cccc2c1CN(C1CCC(=O)NC1=O)C2=O)CCCN1CCC(CNc2ccc(S(=O)(=O)NC(=O)c3ccc(N4CCN(CC5=C(c6ccc(Cl)cc6)CC(C)(C)CC5)CC4)cc3Oc3cnc4[nH]ccc4c3)cc2[N+](=O)[O-])CC1. The van der Waals surface area contributed by atoms with Crippen molar-refractivity contribution in [3.8, 4) is 11.5 Å². The maximum Gasteiger partial charge on any atom is 0.293 e. The zero-order valence-corrected chi connectivity index (χ0v) is 52.4. The molecule has 3 saturated heterocycles. The molecule has 0 spiro atoms. The Morgan fingerprint density at radius 1 is 0.920 bits per heavy atom. The standard InChI is InChI=1S/C65H76ClN11O9S2/c1-65(2)23-19-46(53(38-65)44-9-11-47(66)12-10-44)41-74-30-32-75(33-31-74)48-13-15-52(58(36-48)86-49-35-45-20-24-67-61(45)69-40-49)62(79)71-88(84,85)50-14-16-55(57(37-50)77(82)83)68-39-43-21-28-73(29-22-43)27-5-25-72(3)26-6-34-87-59-8-4-7-51-54(59)42-76(64(51)81)56-17-18-60(78)70-63(56)80/h4,7-16,20,24,35-37,40,43,56,68H,5-6,17-19,21-23,25-34,38-39,41-42H2,1-3H3,(H,67,69)(H,71,79)(H,70,78,80). The number of pyridine rings is 1. The summed E-state index contributed by atoms with van der Waals surface area (Å²) in [4.78, 5) is 82.8. The number of nitro groups is 1. The lowest BCUT2D eigenvalue weighted by molar-refractivity contribution is -0.384. The summed E-state index contributed by atoms with van der Waals surface area (Å²) in [7, 11) is -2.49. The van der Waals surface area contributed by atoms with Gasteiger partial charge in [-0.15, -0.1) is 11.8 Å². The van der Waals surface area contributed by atoms with Gasteiger partial charge in [-0.2, -0.15) is 0 Å². The number of nitro benzene ring substituents is 1. The van der Waals surface area contributed by atoms with Crippen LogP contribution in [0.25, 0.3) is 16.6 Å². The number of aromatic amines is 1. The van der Waals surface area contributed by atoms with E-state index < -0.39 is 43.4 Å². The van der Waals surface area contributed by atoms with Crippen LogP contribution in [0.15, 0.2) is 119 Å². The topological polar surface area (TPSA) is 236 Å². The van der Waals surface area contributed by atoms with Crippen LogP contribution in [0.4, 0.5) is 17.1 Å². The van der Waals surface area contributed by atoms with E-state index in [1.807, 2.05) is 36.4 Å². The molecule has 0 radical (unpaired) electrons. The molecule has 23 heteroatoms. The first kappa shape index (κ1) is 62.3. The zero-order chi connectivity index (χ0) is 61.7. The Balaban J connectivity index is 0.652. The maximum atomic E-state index is 14.2. The third kappa shape index (κ3) is 14.9. The third-order valence-electron chi connectivity index (χ3n) is 17.8. The van der Waals surface area contributed by atoms with Gasteiger partial charge in [-0.3, -0.25) is 39.5 Å². The number of benzene rings is 4. The number of amides is 4. The van der Waals surface area contributed by atoms with Gasteiger partial charge >= 0.3 is 0 Å². The highest BCUT2D eigenvalue weighted by atomic mass is 35.5. The molecule has 3 fully saturated rings. The van der Waals surface area contributed by atoms with Crippen LogP contribution in [0.2, 0.25) is 5.02 Å². The number of piperazine rings is 1. The minimum absolute atomic E-state index is 0.0484. The summed E-state index contributed by atoms with van der Waals surface area (Å²) in [6.45, 7) is 14.0. The van der Waals surface area contributed by atoms with Crippen LogP contribution in [-0.2, 0) is 26.2 Å². The molecule has 1 aliphatic carbocycles. The number of carbonyl (C=O) groups excluding carboxylic acids is 4. The van der Waals surface area contributed by atoms with Gasteiger partial charge in [0.25, 0.3) is 27.5 Å². The number of thioether (sulfide) groups is 1. The monoisotopic (exact) mass is 1250 g/mol. The van der Waals surface area contributed by atoms with Crippen molar-refractivity contribution in [1.29, 1.82) is 0 Å². The molecule has 6 heterocycles. The van der Waals surface area contributed by atoms with Crippen molar-refractivity contribution in [2.75, 3.05) is 95.0 Å². The molecule has 88 heavy (non-hydrogen) atoms. The summed E-state index contributed by atoms with van der Waals surface area (Å²) in [6.07, 6.45) is 10.8. The number of aromatic nitrogens is 2. The first-order valence-corrected chi connectivity index (χ1v) is 33.3. The number of imide groups is 1. The van der Waals surface area contributed by atoms with Gasteiger partial charge in [0.2, 0.25) is 11.8 Å². The highest BCUT2D eigenvalue weighted by molar-refractivity contribution is 7.99. The van der Waals surface area contributed by atoms with E-state index in [0.717, 1.165) is 136 Å². The number of nitrogens with one attached hydrogen (secondary N) is 4. The highest BCUT2D eigenvalue weighted by Gasteiger charge is 2.40. The van der Waals surface area contributed by atoms with Crippen LogP contribution in [0.1, 0.15) is 103 Å². The second-order valence-electron chi connectivity index (χ2n) is 24.6. The summed E-state index contributed by atoms with van der Waals surface area (Å²) in [5.41, 5.74) is 7.04. The van der Waals surface area contributed by atoms with E-state index in [9.17, 15) is 37.7 Å². The van der Waals surface area contributed by atoms with Gasteiger partial charge in [0, 0.05) is 97.1 Å². The molecule has 4 aliphatic heterocycles. The van der Waals surface area contributed by atoms with Gasteiger partial charge in [0.05, 0.1) is 21.6 Å². The Bertz CT molecular complexity index is 3750. The molecular formula is C65H76ClN11O9S2. The number of anilines is 2. The fourth-order valence-electron chi connectivity index (χ4n) is 12.7. The summed E-state index contributed by atoms with van der Waals surface area (Å²) >= 11 is 8.00. The first-order chi connectivity index (χ1) is 42.3. The van der Waals surface area contributed by atoms with Crippen molar-refractivity contribution in [2.45, 2.75) is 94.0 Å². The van der Waals surface area contributed by atoms with Crippen molar-refractivity contribution >= 4 is 90.7 Å². The second kappa shape index (κ2) is 27.2. The largest absolute Gasteiger partial charge is 0.455 e. The highest BCUT2D eigenvalue weighted by Crippen LogP contribution is 2.44. The molecule has 5 aliphatic rings. The number of nitrogens with zero attached hydrogens (tertiary/aromatic N) is 7. The third-order valence-corrected chi connectivity index (χ3v) is 20.6. The Hall–Kier alpha value is -7.34. The number of ether oxygens (including phenoxy) is 1. The van der Waals surface area contributed by atoms with Crippen LogP contribution in [0.3, 0.4) is 0 Å². The van der Waals surface area contributed by atoms with Crippen molar-refractivity contribution in [2.24, 2.45) is 11.3 Å². The van der Waals surface area contributed by atoms with E-state index in [0.29, 0.717) is 49.6 Å². The molecule has 1 unspecified atom stereocenters. The molecular weight excluding hydrogens is 1180 g/mol. The number of allylic oxidation sites excluding steroid dienone is 1. The number of fused-ring (bicyclic) bond motifs is 2. The fraction of sp³-hybridized carbons (Fsp3) is 0.431. The number of hydrogen-bond donors (Lipinski definition) is 4. The average molecular weight is 1250 g/mol. The van der Waals surface area contributed by atoms with Crippen LogP contribution >= 0.6 is 23.4 Å². The zero-order valence-electron chi connectivity index (χ0n) is 50.0. The number of rotatable bonds is 23. The summed E-state index contributed by atoms with van der Waals surface area (Å²) in [5, 5.41) is 19.6. The lowest BCUT2D eigenvalue weighted by Gasteiger charge is -2.39. The number of carbonyl (C=O) groups is 4. The number of sulfonamides is 1. The lowest BCUT2D eigenvalue weighted by atomic mass is 9.72. The number of H-pyrrole nitrogens is 1. The van der Waals surface area contributed by atoms with E-state index >= 15 is 0 Å². The van der Waals surface area contributed by atoms with Gasteiger partial charge in [-0.05, 0) is 186 Å². The Kier molecular flexibility index (Phi) is 19.2. The molecule has 4 aromatic carbocycles. The molecule has 6 aromatic rings. The van der Waals surface area contributed by atoms with Crippen LogP contribution in [-0.4, -0.2) is 157 Å². The quantitative estimate of drug-likeness (QED) is 0.0153. The van der Waals surface area contributed by atoms with Gasteiger partial charge in [0.1, 0.15) is 28.9 Å². The molecule has 4 N–H and O–H groups in total. The van der Waals surface area contributed by atoms with Crippen molar-refractivity contribution in [1.82, 2.24) is 39.6 Å². The molecule has 0 saturated carbocycles. The molecule has 11 rings (SSSR count). The van der Waals surface area contributed by atoms with E-state index in [1.54, 1.807) is 47.1 Å². The molecule has 4 amide bonds. The Morgan fingerprint density at radius 2 is 1.70 bits per heavy atom. The first-order valence-electron chi connectivity index (χ1n) is 30.4. The van der Waals surface area contributed by atoms with Gasteiger partial charge in [-0.1, -0.05) is 49.2 Å². The Labute approximate surface area is 523 Å². The predicted octanol–water partition coefficient (Wildman–Crippen LogP) is 10.2. The smallest absolute Gasteiger partial charge is 0.293 e. The van der Waals surface area contributed by atoms with E-state index in [2.05, 4.69) is 78.0 Å². The van der Waals surface area contributed by atoms with E-state index in [4.69, 9.17) is 16.3 Å². The molecule has 2 aromatic heterocycles. The molecule has 464 valence electrons. The van der Waals surface area contributed by atoms with Gasteiger partial charge in [0.15, 0.2) is 0 Å². The fourth-order valence-corrected chi connectivity index (χ4v) is 14.9. The van der Waals surface area contributed by atoms with Crippen molar-refractivity contribution < 1.29 is 37.3 Å². The number of halogens is 1. The van der Waals surface area contributed by atoms with Gasteiger partial charge in [-0.25, -0.2) is 18.1 Å². The Morgan fingerprint density at radius 3 is 2.48 bits per heavy atom. The number of piperidine rings is 2. The summed E-state index contributed by atoms with van der Waals surface area (Å²) in [6, 6.07) is 25.6. The summed E-state index contributed by atoms with van der Waals surface area (Å²) < 4.78 is 36.5. The number of hydrogen-bond acceptors (Lipinski definition) is 16. The summed E-state index contributed by atoms with van der Waals surface area (Å²) in [5.74, 6) is -0.247. The lowest BCUT2D eigenvalue weighted by Crippen LogP contribution is -2.52. The molecule has 20 nitrogen and oxygen atoms in total. The normalized spacial score (nSPS) is 18.7. The van der Waals surface area contributed by atoms with Crippen LogP contribution in [0, 0.1) is 21.4 Å². The van der Waals surface area contributed by atoms with E-state index in [-0.39, 0.29) is 46.6 Å². The minimum atomic E-state index is -4.62. The second-order valence-corrected chi connectivity index (χ2v) is 27.9.